The van der Waals surface area contributed by atoms with Gasteiger partial charge in [-0.1, -0.05) is 19.9 Å². The van der Waals surface area contributed by atoms with Crippen LogP contribution in [-0.2, 0) is 19.1 Å². The van der Waals surface area contributed by atoms with Gasteiger partial charge in [0, 0.05) is 17.3 Å². The van der Waals surface area contributed by atoms with Gasteiger partial charge in [0.2, 0.25) is 0 Å². The van der Waals surface area contributed by atoms with E-state index in [1.807, 2.05) is 6.92 Å². The van der Waals surface area contributed by atoms with E-state index in [0.717, 1.165) is 0 Å². The molecule has 0 saturated heterocycles. The Morgan fingerprint density at radius 3 is 2.62 bits per heavy atom. The second-order valence-electron chi connectivity index (χ2n) is 11.3. The van der Waals surface area contributed by atoms with Crippen molar-refractivity contribution in [1.29, 1.82) is 0 Å². The van der Waals surface area contributed by atoms with Crippen LogP contribution in [0.1, 0.15) is 66.2 Å². The zero-order valence-corrected chi connectivity index (χ0v) is 20.5. The molecule has 0 amide bonds. The number of carbonyl (C=O) groups excluding carboxylic acids is 3. The Bertz CT molecular complexity index is 943. The molecule has 0 aromatic rings. The van der Waals surface area contributed by atoms with Crippen molar-refractivity contribution in [2.24, 2.45) is 34.5 Å². The number of Topliss-reactive ketones (excluding diaryl/α,β-unsaturated/α-hetero) is 1. The Kier molecular flexibility index (Phi) is 6.41. The Morgan fingerprint density at radius 2 is 1.94 bits per heavy atom. The van der Waals surface area contributed by atoms with Crippen molar-refractivity contribution in [3.05, 3.63) is 23.8 Å². The lowest BCUT2D eigenvalue weighted by Gasteiger charge is -2.60. The van der Waals surface area contributed by atoms with Crippen LogP contribution in [0.3, 0.4) is 0 Å². The number of aliphatic hydroxyl groups excluding tert-OH is 1. The normalized spacial score (nSPS) is 42.7. The molecule has 34 heavy (non-hydrogen) atoms. The van der Waals surface area contributed by atoms with Crippen molar-refractivity contribution >= 4 is 17.5 Å². The van der Waals surface area contributed by atoms with Crippen molar-refractivity contribution in [3.63, 3.8) is 0 Å². The molecule has 0 radical (unpaired) electrons. The molecule has 188 valence electrons. The predicted octanol–water partition coefficient (Wildman–Crippen LogP) is 4.47. The molecule has 7 heteroatoms. The summed E-state index contributed by atoms with van der Waals surface area (Å²) in [6.07, 6.45) is 4.21. The van der Waals surface area contributed by atoms with Gasteiger partial charge in [-0.15, -0.1) is 0 Å². The van der Waals surface area contributed by atoms with Crippen LogP contribution >= 0.6 is 0 Å². The highest BCUT2D eigenvalue weighted by Crippen LogP contribution is 2.69. The molecule has 3 saturated carbocycles. The average Bonchev–Trinajstić information content (AvgIpc) is 3.16. The third kappa shape index (κ3) is 3.61. The molecule has 2 unspecified atom stereocenters. The number of ether oxygens (including phenoxy) is 1. The summed E-state index contributed by atoms with van der Waals surface area (Å²) in [6, 6.07) is 0. The topological polar surface area (TPSA) is 80.7 Å². The fraction of sp³-hybridized carbons (Fsp3) is 0.741. The Labute approximate surface area is 200 Å². The molecule has 4 rings (SSSR count). The average molecular weight is 479 g/mol. The molecular weight excluding hydrogens is 442 g/mol. The zero-order valence-electron chi connectivity index (χ0n) is 20.5. The standard InChI is InChI=1S/C27H36F2O5/c1-5-22(31)15(2)24(33)34-14-23(32)18-7-6-17-19-13-21(28)20-12-16(30)8-9-26(20,4)27(19,29)11-10-25(17,18)3/h8-9,12,15,17-19,21-22,31H,5-7,10-11,13-14H2,1-4H3/t15?,17-,18+,19-,21-,22?,25-,26-,27+/m0/s1. The third-order valence-electron chi connectivity index (χ3n) is 9.76. The minimum Gasteiger partial charge on any atom is -0.457 e. The van der Waals surface area contributed by atoms with Crippen molar-refractivity contribution < 1.29 is 33.0 Å². The number of hydrogen-bond acceptors (Lipinski definition) is 5. The van der Waals surface area contributed by atoms with Gasteiger partial charge in [-0.25, -0.2) is 8.78 Å². The molecule has 0 heterocycles. The van der Waals surface area contributed by atoms with Crippen LogP contribution in [0.2, 0.25) is 0 Å². The summed E-state index contributed by atoms with van der Waals surface area (Å²) in [5, 5.41) is 9.86. The zero-order chi connectivity index (χ0) is 25.1. The SMILES string of the molecule is CCC(O)C(C)C(=O)OCC(=O)[C@H]1CC[C@H]2[C@@H]3C[C@H](F)C4=CC(=O)C=C[C@]4(C)[C@@]3(F)CC[C@]12C. The van der Waals surface area contributed by atoms with Gasteiger partial charge < -0.3 is 9.84 Å². The summed E-state index contributed by atoms with van der Waals surface area (Å²) in [4.78, 5) is 37.2. The van der Waals surface area contributed by atoms with Gasteiger partial charge >= 0.3 is 5.97 Å². The Morgan fingerprint density at radius 1 is 1.24 bits per heavy atom. The number of halogens is 2. The fourth-order valence-corrected chi connectivity index (χ4v) is 7.49. The van der Waals surface area contributed by atoms with E-state index in [9.17, 15) is 19.5 Å². The monoisotopic (exact) mass is 478 g/mol. The molecule has 1 N–H and O–H groups in total. The number of aliphatic hydroxyl groups is 1. The Balaban J connectivity index is 1.52. The quantitative estimate of drug-likeness (QED) is 0.570. The predicted molar refractivity (Wildman–Crippen MR) is 122 cm³/mol. The molecule has 0 bridgehead atoms. The highest BCUT2D eigenvalue weighted by molar-refractivity contribution is 6.01. The number of hydrogen-bond donors (Lipinski definition) is 1. The molecule has 4 aliphatic rings. The van der Waals surface area contributed by atoms with Gasteiger partial charge in [-0.2, -0.15) is 0 Å². The van der Waals surface area contributed by atoms with Gasteiger partial charge in [0.1, 0.15) is 18.4 Å². The molecule has 4 aliphatic carbocycles. The lowest BCUT2D eigenvalue weighted by molar-refractivity contribution is -0.160. The first-order chi connectivity index (χ1) is 15.9. The lowest BCUT2D eigenvalue weighted by atomic mass is 9.45. The number of carbonyl (C=O) groups is 3. The molecule has 5 nitrogen and oxygen atoms in total. The van der Waals surface area contributed by atoms with Crippen molar-refractivity contribution in [1.82, 2.24) is 0 Å². The number of allylic oxidation sites excluding steroid dienone is 4. The van der Waals surface area contributed by atoms with Gasteiger partial charge in [0.25, 0.3) is 0 Å². The van der Waals surface area contributed by atoms with Crippen LogP contribution in [0.15, 0.2) is 23.8 Å². The first-order valence-electron chi connectivity index (χ1n) is 12.5. The minimum absolute atomic E-state index is 0.0155. The molecule has 0 aromatic carbocycles. The fourth-order valence-electron chi connectivity index (χ4n) is 7.49. The number of esters is 1. The van der Waals surface area contributed by atoms with E-state index in [-0.39, 0.29) is 48.4 Å². The number of ketones is 2. The number of alkyl halides is 2. The maximum atomic E-state index is 16.9. The van der Waals surface area contributed by atoms with E-state index in [2.05, 4.69) is 0 Å². The van der Waals surface area contributed by atoms with Gasteiger partial charge in [0.15, 0.2) is 11.6 Å². The van der Waals surface area contributed by atoms with Crippen molar-refractivity contribution in [2.75, 3.05) is 6.61 Å². The number of rotatable bonds is 6. The summed E-state index contributed by atoms with van der Waals surface area (Å²) in [6.45, 7) is 6.67. The highest BCUT2D eigenvalue weighted by Gasteiger charge is 2.68. The minimum atomic E-state index is -1.68. The maximum Gasteiger partial charge on any atom is 0.311 e. The van der Waals surface area contributed by atoms with Gasteiger partial charge in [0.05, 0.1) is 12.0 Å². The van der Waals surface area contributed by atoms with Gasteiger partial charge in [-0.05, 0) is 81.4 Å². The smallest absolute Gasteiger partial charge is 0.311 e. The van der Waals surface area contributed by atoms with Crippen LogP contribution in [0.25, 0.3) is 0 Å². The molecule has 9 atom stereocenters. The summed E-state index contributed by atoms with van der Waals surface area (Å²) >= 11 is 0. The van der Waals surface area contributed by atoms with Crippen LogP contribution in [0.4, 0.5) is 8.78 Å². The third-order valence-corrected chi connectivity index (χ3v) is 9.76. The van der Waals surface area contributed by atoms with Crippen LogP contribution < -0.4 is 0 Å². The van der Waals surface area contributed by atoms with E-state index < -0.39 is 46.6 Å². The second kappa shape index (κ2) is 8.65. The number of fused-ring (bicyclic) bond motifs is 5. The highest BCUT2D eigenvalue weighted by atomic mass is 19.1. The summed E-state index contributed by atoms with van der Waals surface area (Å²) in [7, 11) is 0. The summed E-state index contributed by atoms with van der Waals surface area (Å²) in [5.74, 6) is -2.92. The summed E-state index contributed by atoms with van der Waals surface area (Å²) in [5.41, 5.74) is -3.11. The molecule has 0 aromatic heterocycles. The van der Waals surface area contributed by atoms with E-state index in [1.165, 1.54) is 12.2 Å². The van der Waals surface area contributed by atoms with Crippen LogP contribution in [-0.4, -0.2) is 47.2 Å². The molecule has 0 spiro atoms. The summed E-state index contributed by atoms with van der Waals surface area (Å²) < 4.78 is 37.4. The van der Waals surface area contributed by atoms with E-state index in [0.29, 0.717) is 25.7 Å². The van der Waals surface area contributed by atoms with Gasteiger partial charge in [-0.3, -0.25) is 14.4 Å². The maximum absolute atomic E-state index is 16.9. The second-order valence-corrected chi connectivity index (χ2v) is 11.3. The van der Waals surface area contributed by atoms with E-state index in [4.69, 9.17) is 4.74 Å². The lowest BCUT2D eigenvalue weighted by Crippen LogP contribution is -2.62. The van der Waals surface area contributed by atoms with Crippen molar-refractivity contribution in [2.45, 2.75) is 84.2 Å². The molecule has 0 aliphatic heterocycles. The van der Waals surface area contributed by atoms with E-state index >= 15 is 8.78 Å². The molecule has 3 fully saturated rings. The first kappa shape index (κ1) is 25.2. The van der Waals surface area contributed by atoms with Crippen molar-refractivity contribution in [3.8, 4) is 0 Å². The van der Waals surface area contributed by atoms with E-state index in [1.54, 1.807) is 26.8 Å². The molecular formula is C27H36F2O5. The largest absolute Gasteiger partial charge is 0.457 e. The van der Waals surface area contributed by atoms with Crippen LogP contribution in [0, 0.1) is 34.5 Å². The van der Waals surface area contributed by atoms with Crippen LogP contribution in [0.5, 0.6) is 0 Å². The first-order valence-corrected chi connectivity index (χ1v) is 12.5. The Hall–Kier alpha value is -1.89.